The van der Waals surface area contributed by atoms with E-state index in [2.05, 4.69) is 30.9 Å². The third-order valence-electron chi connectivity index (χ3n) is 3.78. The van der Waals surface area contributed by atoms with E-state index in [4.69, 9.17) is 5.73 Å². The van der Waals surface area contributed by atoms with E-state index in [0.29, 0.717) is 22.6 Å². The molecule has 0 aliphatic rings. The molecule has 0 spiro atoms. The van der Waals surface area contributed by atoms with Crippen LogP contribution in [0.25, 0.3) is 0 Å². The summed E-state index contributed by atoms with van der Waals surface area (Å²) in [6.45, 7) is 0. The lowest BCUT2D eigenvalue weighted by Crippen LogP contribution is -2.30. The Kier molecular flexibility index (Phi) is 5.66. The third kappa shape index (κ3) is 4.33. The fourth-order valence-electron chi connectivity index (χ4n) is 2.32. The van der Waals surface area contributed by atoms with Gasteiger partial charge in [0.25, 0.3) is 5.91 Å². The SMILES string of the molecule is COC(=O)c1ccc(Nc2ncnc(NNC(=O)c3ccccc3)c2N)cc1. The van der Waals surface area contributed by atoms with Crippen LogP contribution in [0.3, 0.4) is 0 Å². The van der Waals surface area contributed by atoms with Crippen LogP contribution in [0.4, 0.5) is 23.0 Å². The Hall–Kier alpha value is -4.14. The number of methoxy groups -OCH3 is 1. The van der Waals surface area contributed by atoms with E-state index in [9.17, 15) is 9.59 Å². The molecule has 1 heterocycles. The summed E-state index contributed by atoms with van der Waals surface area (Å²) < 4.78 is 4.66. The molecule has 9 heteroatoms. The monoisotopic (exact) mass is 378 g/mol. The van der Waals surface area contributed by atoms with Crippen LogP contribution in [-0.2, 0) is 4.74 Å². The molecule has 142 valence electrons. The van der Waals surface area contributed by atoms with Crippen molar-refractivity contribution in [3.05, 3.63) is 72.1 Å². The Morgan fingerprint density at radius 1 is 0.929 bits per heavy atom. The van der Waals surface area contributed by atoms with E-state index < -0.39 is 5.97 Å². The number of ether oxygens (including phenoxy) is 1. The highest BCUT2D eigenvalue weighted by molar-refractivity contribution is 5.95. The molecule has 0 unspecified atom stereocenters. The van der Waals surface area contributed by atoms with E-state index in [1.165, 1.54) is 13.4 Å². The molecule has 3 aromatic rings. The molecule has 0 aliphatic carbocycles. The Morgan fingerprint density at radius 3 is 2.29 bits per heavy atom. The number of aromatic nitrogens is 2. The van der Waals surface area contributed by atoms with E-state index in [1.54, 1.807) is 48.5 Å². The molecule has 1 amide bonds. The number of rotatable bonds is 6. The number of hydrogen-bond donors (Lipinski definition) is 4. The summed E-state index contributed by atoms with van der Waals surface area (Å²) >= 11 is 0. The molecule has 2 aromatic carbocycles. The molecular weight excluding hydrogens is 360 g/mol. The van der Waals surface area contributed by atoms with Gasteiger partial charge in [-0.1, -0.05) is 18.2 Å². The summed E-state index contributed by atoms with van der Waals surface area (Å²) in [7, 11) is 1.32. The number of esters is 1. The van der Waals surface area contributed by atoms with Crippen molar-refractivity contribution in [3.8, 4) is 0 Å². The first-order valence-electron chi connectivity index (χ1n) is 8.25. The number of nitrogens with two attached hydrogens (primary N) is 1. The summed E-state index contributed by atoms with van der Waals surface area (Å²) in [5.41, 5.74) is 13.1. The van der Waals surface area contributed by atoms with Crippen molar-refractivity contribution in [2.75, 3.05) is 23.6 Å². The van der Waals surface area contributed by atoms with Crippen LogP contribution < -0.4 is 21.9 Å². The Labute approximate surface area is 160 Å². The Morgan fingerprint density at radius 2 is 1.61 bits per heavy atom. The maximum atomic E-state index is 12.1. The van der Waals surface area contributed by atoms with Crippen molar-refractivity contribution in [2.45, 2.75) is 0 Å². The Bertz CT molecular complexity index is 977. The van der Waals surface area contributed by atoms with E-state index in [0.717, 1.165) is 0 Å². The predicted molar refractivity (Wildman–Crippen MR) is 105 cm³/mol. The lowest BCUT2D eigenvalue weighted by Gasteiger charge is -2.13. The number of amides is 1. The number of nitrogen functional groups attached to an aromatic ring is 1. The minimum absolute atomic E-state index is 0.216. The van der Waals surface area contributed by atoms with Gasteiger partial charge in [-0.15, -0.1) is 0 Å². The van der Waals surface area contributed by atoms with Crippen molar-refractivity contribution < 1.29 is 14.3 Å². The third-order valence-corrected chi connectivity index (χ3v) is 3.78. The van der Waals surface area contributed by atoms with Crippen molar-refractivity contribution in [1.29, 1.82) is 0 Å². The minimum Gasteiger partial charge on any atom is -0.465 e. The van der Waals surface area contributed by atoms with Crippen molar-refractivity contribution >= 4 is 34.9 Å². The van der Waals surface area contributed by atoms with Crippen molar-refractivity contribution in [1.82, 2.24) is 15.4 Å². The average Bonchev–Trinajstić information content (AvgIpc) is 2.74. The van der Waals surface area contributed by atoms with E-state index in [-0.39, 0.29) is 17.4 Å². The second-order valence-electron chi connectivity index (χ2n) is 5.62. The first kappa shape index (κ1) is 18.6. The fraction of sp³-hybridized carbons (Fsp3) is 0.0526. The number of carbonyl (C=O) groups excluding carboxylic acids is 2. The largest absolute Gasteiger partial charge is 0.465 e. The van der Waals surface area contributed by atoms with Gasteiger partial charge in [-0.3, -0.25) is 15.6 Å². The van der Waals surface area contributed by atoms with Gasteiger partial charge in [-0.2, -0.15) is 0 Å². The molecule has 28 heavy (non-hydrogen) atoms. The first-order valence-corrected chi connectivity index (χ1v) is 8.25. The first-order chi connectivity index (χ1) is 13.6. The van der Waals surface area contributed by atoms with Crippen LogP contribution in [0.15, 0.2) is 60.9 Å². The van der Waals surface area contributed by atoms with Crippen LogP contribution in [-0.4, -0.2) is 29.0 Å². The number of hydrogen-bond acceptors (Lipinski definition) is 8. The van der Waals surface area contributed by atoms with Crippen LogP contribution in [0.1, 0.15) is 20.7 Å². The normalized spacial score (nSPS) is 10.0. The van der Waals surface area contributed by atoms with Gasteiger partial charge < -0.3 is 15.8 Å². The highest BCUT2D eigenvalue weighted by Gasteiger charge is 2.11. The number of carbonyl (C=O) groups is 2. The Balaban J connectivity index is 1.69. The topological polar surface area (TPSA) is 131 Å². The lowest BCUT2D eigenvalue weighted by molar-refractivity contribution is 0.0600. The summed E-state index contributed by atoms with van der Waals surface area (Å²) in [5, 5.41) is 3.04. The molecular formula is C19H18N6O3. The van der Waals surface area contributed by atoms with Crippen LogP contribution in [0, 0.1) is 0 Å². The standard InChI is InChI=1S/C19H18N6O3/c1-28-19(27)13-7-9-14(10-8-13)23-16-15(20)17(22-11-21-16)24-25-18(26)12-5-3-2-4-6-12/h2-11H,20H2,1H3,(H,25,26)(H2,21,22,23,24). The second-order valence-corrected chi connectivity index (χ2v) is 5.62. The number of nitrogens with one attached hydrogen (secondary N) is 3. The highest BCUT2D eigenvalue weighted by Crippen LogP contribution is 2.25. The maximum absolute atomic E-state index is 12.1. The van der Waals surface area contributed by atoms with Gasteiger partial charge in [-0.05, 0) is 36.4 Å². The minimum atomic E-state index is -0.422. The van der Waals surface area contributed by atoms with Gasteiger partial charge in [0.05, 0.1) is 12.7 Å². The zero-order valence-electron chi connectivity index (χ0n) is 15.0. The lowest BCUT2D eigenvalue weighted by atomic mass is 10.2. The quantitative estimate of drug-likeness (QED) is 0.380. The molecule has 0 saturated heterocycles. The summed E-state index contributed by atoms with van der Waals surface area (Å²) in [6, 6.07) is 15.3. The zero-order chi connectivity index (χ0) is 19.9. The van der Waals surface area contributed by atoms with Gasteiger partial charge in [0.2, 0.25) is 0 Å². The zero-order valence-corrected chi connectivity index (χ0v) is 15.0. The van der Waals surface area contributed by atoms with Gasteiger partial charge in [0.1, 0.15) is 12.0 Å². The molecule has 9 nitrogen and oxygen atoms in total. The smallest absolute Gasteiger partial charge is 0.337 e. The molecule has 1 aromatic heterocycles. The summed E-state index contributed by atoms with van der Waals surface area (Å²) in [6.07, 6.45) is 1.30. The molecule has 0 radical (unpaired) electrons. The second kappa shape index (κ2) is 8.49. The molecule has 5 N–H and O–H groups in total. The molecule has 3 rings (SSSR count). The predicted octanol–water partition coefficient (Wildman–Crippen LogP) is 2.35. The summed E-state index contributed by atoms with van der Waals surface area (Å²) in [5.74, 6) is -0.162. The van der Waals surface area contributed by atoms with Crippen molar-refractivity contribution in [2.24, 2.45) is 0 Å². The molecule has 0 aliphatic heterocycles. The highest BCUT2D eigenvalue weighted by atomic mass is 16.5. The maximum Gasteiger partial charge on any atom is 0.337 e. The van der Waals surface area contributed by atoms with Gasteiger partial charge >= 0.3 is 5.97 Å². The molecule has 0 fully saturated rings. The number of nitrogens with zero attached hydrogens (tertiary/aromatic N) is 2. The van der Waals surface area contributed by atoms with Gasteiger partial charge in [0.15, 0.2) is 11.6 Å². The fourth-order valence-corrected chi connectivity index (χ4v) is 2.32. The summed E-state index contributed by atoms with van der Waals surface area (Å²) in [4.78, 5) is 31.7. The van der Waals surface area contributed by atoms with Crippen molar-refractivity contribution in [3.63, 3.8) is 0 Å². The van der Waals surface area contributed by atoms with Gasteiger partial charge in [-0.25, -0.2) is 14.8 Å². The number of hydrazine groups is 1. The van der Waals surface area contributed by atoms with Gasteiger partial charge in [0, 0.05) is 11.3 Å². The average molecular weight is 378 g/mol. The molecule has 0 atom stereocenters. The van der Waals surface area contributed by atoms with E-state index in [1.807, 2.05) is 6.07 Å². The molecule has 0 bridgehead atoms. The number of anilines is 4. The van der Waals surface area contributed by atoms with Crippen LogP contribution in [0.5, 0.6) is 0 Å². The number of benzene rings is 2. The van der Waals surface area contributed by atoms with E-state index >= 15 is 0 Å². The van der Waals surface area contributed by atoms with Crippen LogP contribution in [0.2, 0.25) is 0 Å². The molecule has 0 saturated carbocycles. The van der Waals surface area contributed by atoms with Crippen LogP contribution >= 0.6 is 0 Å².